The van der Waals surface area contributed by atoms with Crippen LogP contribution in [0.4, 0.5) is 0 Å². The van der Waals surface area contributed by atoms with Gasteiger partial charge in [-0.2, -0.15) is 0 Å². The Morgan fingerprint density at radius 2 is 1.91 bits per heavy atom. The molecule has 0 heterocycles. The Morgan fingerprint density at radius 3 is 2.36 bits per heavy atom. The molecule has 0 saturated carbocycles. The molecule has 0 aliphatic rings. The zero-order chi connectivity index (χ0) is 8.27. The van der Waals surface area contributed by atoms with Gasteiger partial charge in [-0.1, -0.05) is 18.7 Å². The number of halogens is 1. The summed E-state index contributed by atoms with van der Waals surface area (Å²) in [6, 6.07) is 7.91. The van der Waals surface area contributed by atoms with Gasteiger partial charge in [0.1, 0.15) is 0 Å². The van der Waals surface area contributed by atoms with Gasteiger partial charge < -0.3 is 5.11 Å². The molecular weight excluding hydrogens is 251 g/mol. The Kier molecular flexibility index (Phi) is 3.08. The second kappa shape index (κ2) is 3.88. The lowest BCUT2D eigenvalue weighted by Gasteiger charge is -2.00. The van der Waals surface area contributed by atoms with Crippen molar-refractivity contribution in [1.29, 1.82) is 0 Å². The Labute approximate surface area is 79.9 Å². The molecule has 1 nitrogen and oxygen atoms in total. The van der Waals surface area contributed by atoms with Crippen molar-refractivity contribution < 1.29 is 5.11 Å². The molecule has 1 aromatic rings. The zero-order valence-corrected chi connectivity index (χ0v) is 8.21. The van der Waals surface area contributed by atoms with Crippen molar-refractivity contribution in [2.45, 2.75) is 0 Å². The summed E-state index contributed by atoms with van der Waals surface area (Å²) in [5.74, 6) is 0. The van der Waals surface area contributed by atoms with E-state index in [2.05, 4.69) is 29.2 Å². The van der Waals surface area contributed by atoms with Crippen molar-refractivity contribution in [3.63, 3.8) is 0 Å². The second-order valence-corrected chi connectivity index (χ2v) is 3.51. The van der Waals surface area contributed by atoms with E-state index in [9.17, 15) is 0 Å². The van der Waals surface area contributed by atoms with Crippen LogP contribution in [0.3, 0.4) is 0 Å². The van der Waals surface area contributed by atoms with Gasteiger partial charge in [-0.05, 0) is 45.9 Å². The Morgan fingerprint density at radius 1 is 1.36 bits per heavy atom. The number of aliphatic hydroxyl groups is 1. The van der Waals surface area contributed by atoms with E-state index in [1.807, 2.05) is 24.3 Å². The normalized spacial score (nSPS) is 9.64. The zero-order valence-electron chi connectivity index (χ0n) is 6.05. The van der Waals surface area contributed by atoms with Crippen molar-refractivity contribution in [2.24, 2.45) is 0 Å². The van der Waals surface area contributed by atoms with Gasteiger partial charge in [0.05, 0.1) is 6.61 Å². The van der Waals surface area contributed by atoms with Crippen molar-refractivity contribution >= 4 is 28.2 Å². The van der Waals surface area contributed by atoms with Crippen molar-refractivity contribution in [2.75, 3.05) is 6.61 Å². The molecule has 1 N–H and O–H groups in total. The van der Waals surface area contributed by atoms with Gasteiger partial charge in [-0.15, -0.1) is 0 Å². The lowest BCUT2D eigenvalue weighted by atomic mass is 10.1. The van der Waals surface area contributed by atoms with Crippen LogP contribution < -0.4 is 0 Å². The summed E-state index contributed by atoms with van der Waals surface area (Å²) < 4.78 is 1.19. The Balaban J connectivity index is 2.90. The molecule has 1 aromatic carbocycles. The second-order valence-electron chi connectivity index (χ2n) is 2.27. The molecule has 0 atom stereocenters. The van der Waals surface area contributed by atoms with Crippen molar-refractivity contribution in [3.8, 4) is 0 Å². The molecule has 0 aromatic heterocycles. The molecule has 0 saturated heterocycles. The summed E-state index contributed by atoms with van der Waals surface area (Å²) in [5.41, 5.74) is 1.77. The summed E-state index contributed by atoms with van der Waals surface area (Å²) in [6.07, 6.45) is 0. The van der Waals surface area contributed by atoms with E-state index < -0.39 is 0 Å². The van der Waals surface area contributed by atoms with Gasteiger partial charge in [-0.25, -0.2) is 0 Å². The minimum atomic E-state index is 0.0284. The SMILES string of the molecule is C=C(CO)c1ccc(I)cc1. The Bertz CT molecular complexity index is 251. The standard InChI is InChI=1S/C9H9IO/c1-7(6-11)8-2-4-9(10)5-3-8/h2-5,11H,1,6H2. The molecular formula is C9H9IO. The third-order valence-corrected chi connectivity index (χ3v) is 2.16. The maximum Gasteiger partial charge on any atom is 0.0681 e. The molecule has 0 amide bonds. The lowest BCUT2D eigenvalue weighted by molar-refractivity contribution is 0.350. The van der Waals surface area contributed by atoms with E-state index in [1.165, 1.54) is 3.57 Å². The molecule has 0 aliphatic heterocycles. The van der Waals surface area contributed by atoms with Crippen LogP contribution in [0, 0.1) is 3.57 Å². The molecule has 2 heteroatoms. The number of aliphatic hydroxyl groups excluding tert-OH is 1. The number of hydrogen-bond acceptors (Lipinski definition) is 1. The highest BCUT2D eigenvalue weighted by Gasteiger charge is 1.95. The van der Waals surface area contributed by atoms with Crippen LogP contribution in [-0.4, -0.2) is 11.7 Å². The smallest absolute Gasteiger partial charge is 0.0681 e. The van der Waals surface area contributed by atoms with Gasteiger partial charge in [-0.3, -0.25) is 0 Å². The average molecular weight is 260 g/mol. The van der Waals surface area contributed by atoms with Crippen molar-refractivity contribution in [1.82, 2.24) is 0 Å². The van der Waals surface area contributed by atoms with E-state index in [1.54, 1.807) is 0 Å². The maximum atomic E-state index is 8.76. The van der Waals surface area contributed by atoms with Gasteiger partial charge in [0.15, 0.2) is 0 Å². The van der Waals surface area contributed by atoms with Crippen LogP contribution in [0.2, 0.25) is 0 Å². The number of benzene rings is 1. The molecule has 0 aliphatic carbocycles. The first-order chi connectivity index (χ1) is 5.24. The molecule has 11 heavy (non-hydrogen) atoms. The van der Waals surface area contributed by atoms with Crippen LogP contribution in [0.1, 0.15) is 5.56 Å². The number of hydrogen-bond donors (Lipinski definition) is 1. The Hall–Kier alpha value is -0.350. The minimum Gasteiger partial charge on any atom is -0.392 e. The predicted molar refractivity (Wildman–Crippen MR) is 55.3 cm³/mol. The van der Waals surface area contributed by atoms with Gasteiger partial charge in [0.25, 0.3) is 0 Å². The average Bonchev–Trinajstić information content (AvgIpc) is 2.05. The van der Waals surface area contributed by atoms with E-state index >= 15 is 0 Å². The highest BCUT2D eigenvalue weighted by atomic mass is 127. The molecule has 1 rings (SSSR count). The molecule has 58 valence electrons. The first-order valence-electron chi connectivity index (χ1n) is 3.28. The topological polar surface area (TPSA) is 20.2 Å². The fourth-order valence-corrected chi connectivity index (χ4v) is 1.14. The fraction of sp³-hybridized carbons (Fsp3) is 0.111. The maximum absolute atomic E-state index is 8.76. The summed E-state index contributed by atoms with van der Waals surface area (Å²) in [4.78, 5) is 0. The molecule has 0 radical (unpaired) electrons. The van der Waals surface area contributed by atoms with Crippen LogP contribution in [-0.2, 0) is 0 Å². The summed E-state index contributed by atoms with van der Waals surface area (Å²) in [6.45, 7) is 3.75. The van der Waals surface area contributed by atoms with Crippen LogP contribution in [0.5, 0.6) is 0 Å². The third kappa shape index (κ3) is 2.31. The fourth-order valence-electron chi connectivity index (χ4n) is 0.777. The molecule has 0 unspecified atom stereocenters. The van der Waals surface area contributed by atoms with Gasteiger partial charge in [0.2, 0.25) is 0 Å². The minimum absolute atomic E-state index is 0.0284. The van der Waals surface area contributed by atoms with E-state index in [0.29, 0.717) is 0 Å². The monoisotopic (exact) mass is 260 g/mol. The first kappa shape index (κ1) is 8.74. The third-order valence-electron chi connectivity index (χ3n) is 1.44. The van der Waals surface area contributed by atoms with Crippen LogP contribution in [0.15, 0.2) is 30.8 Å². The first-order valence-corrected chi connectivity index (χ1v) is 4.36. The highest BCUT2D eigenvalue weighted by molar-refractivity contribution is 14.1. The molecule has 0 bridgehead atoms. The van der Waals surface area contributed by atoms with Crippen LogP contribution in [0.25, 0.3) is 5.57 Å². The lowest BCUT2D eigenvalue weighted by Crippen LogP contribution is -1.87. The summed E-state index contributed by atoms with van der Waals surface area (Å²) >= 11 is 2.24. The van der Waals surface area contributed by atoms with Crippen molar-refractivity contribution in [3.05, 3.63) is 40.0 Å². The van der Waals surface area contributed by atoms with E-state index in [4.69, 9.17) is 5.11 Å². The summed E-state index contributed by atoms with van der Waals surface area (Å²) in [5, 5.41) is 8.76. The summed E-state index contributed by atoms with van der Waals surface area (Å²) in [7, 11) is 0. The molecule has 0 spiro atoms. The number of rotatable bonds is 2. The quantitative estimate of drug-likeness (QED) is 0.809. The highest BCUT2D eigenvalue weighted by Crippen LogP contribution is 2.13. The van der Waals surface area contributed by atoms with Crippen LogP contribution >= 0.6 is 22.6 Å². The predicted octanol–water partition coefficient (Wildman–Crippen LogP) is 2.30. The van der Waals surface area contributed by atoms with Gasteiger partial charge in [0, 0.05) is 3.57 Å². The largest absolute Gasteiger partial charge is 0.392 e. The van der Waals surface area contributed by atoms with E-state index in [-0.39, 0.29) is 6.61 Å². The van der Waals surface area contributed by atoms with Gasteiger partial charge >= 0.3 is 0 Å². The molecule has 0 fully saturated rings. The van der Waals surface area contributed by atoms with E-state index in [0.717, 1.165) is 11.1 Å².